The molecule has 2 rings (SSSR count). The minimum atomic E-state index is -0.381. The molecule has 0 aliphatic carbocycles. The lowest BCUT2D eigenvalue weighted by Gasteiger charge is -2.08. The van der Waals surface area contributed by atoms with Gasteiger partial charge in [-0.25, -0.2) is 9.37 Å². The topological polar surface area (TPSA) is 34.1 Å². The Kier molecular flexibility index (Phi) is 5.35. The molecule has 0 amide bonds. The average Bonchev–Trinajstić information content (AvgIpc) is 2.45. The van der Waals surface area contributed by atoms with Crippen molar-refractivity contribution in [3.8, 4) is 5.75 Å². The van der Waals surface area contributed by atoms with E-state index in [0.717, 1.165) is 24.3 Å². The molecule has 0 saturated heterocycles. The van der Waals surface area contributed by atoms with Crippen molar-refractivity contribution in [1.82, 2.24) is 4.98 Å². The molecule has 0 atom stereocenters. The van der Waals surface area contributed by atoms with Crippen LogP contribution in [-0.2, 0) is 6.61 Å². The summed E-state index contributed by atoms with van der Waals surface area (Å²) in [6.45, 7) is 3.29. The Bertz CT molecular complexity index is 560. The maximum absolute atomic E-state index is 13.6. The van der Waals surface area contributed by atoms with Gasteiger partial charge in [0.25, 0.3) is 0 Å². The Balaban J connectivity index is 1.93. The standard InChI is InChI=1S/C15H16BrFN2O/c1-2-7-18-15-6-3-11(9-19-15)10-20-14-5-4-12(16)8-13(14)17/h3-6,8-9H,2,7,10H2,1H3,(H,18,19). The second-order valence-corrected chi connectivity index (χ2v) is 5.26. The quantitative estimate of drug-likeness (QED) is 0.848. The van der Waals surface area contributed by atoms with Crippen LogP contribution in [0.4, 0.5) is 10.2 Å². The zero-order valence-corrected chi connectivity index (χ0v) is 12.8. The Morgan fingerprint density at radius 2 is 2.15 bits per heavy atom. The van der Waals surface area contributed by atoms with Gasteiger partial charge in [0, 0.05) is 22.8 Å². The zero-order chi connectivity index (χ0) is 14.4. The summed E-state index contributed by atoms with van der Waals surface area (Å²) < 4.78 is 19.7. The Labute approximate surface area is 126 Å². The van der Waals surface area contributed by atoms with Crippen LogP contribution in [0.15, 0.2) is 41.0 Å². The maximum Gasteiger partial charge on any atom is 0.166 e. The SMILES string of the molecule is CCCNc1ccc(COc2ccc(Br)cc2F)cn1. The highest BCUT2D eigenvalue weighted by Crippen LogP contribution is 2.22. The smallest absolute Gasteiger partial charge is 0.166 e. The monoisotopic (exact) mass is 338 g/mol. The molecule has 0 unspecified atom stereocenters. The number of pyridine rings is 1. The molecular weight excluding hydrogens is 323 g/mol. The Morgan fingerprint density at radius 3 is 2.80 bits per heavy atom. The van der Waals surface area contributed by atoms with Crippen molar-refractivity contribution in [3.05, 3.63) is 52.4 Å². The number of ether oxygens (including phenoxy) is 1. The summed E-state index contributed by atoms with van der Waals surface area (Å²) >= 11 is 3.21. The molecule has 0 radical (unpaired) electrons. The predicted octanol–water partition coefficient (Wildman–Crippen LogP) is 4.38. The van der Waals surface area contributed by atoms with Gasteiger partial charge in [-0.05, 0) is 30.7 Å². The van der Waals surface area contributed by atoms with Gasteiger partial charge >= 0.3 is 0 Å². The first kappa shape index (κ1) is 14.8. The van der Waals surface area contributed by atoms with Gasteiger partial charge in [0.05, 0.1) is 0 Å². The Morgan fingerprint density at radius 1 is 1.30 bits per heavy atom. The van der Waals surface area contributed by atoms with Crippen LogP contribution in [0.3, 0.4) is 0 Å². The molecule has 20 heavy (non-hydrogen) atoms. The first-order valence-corrected chi connectivity index (χ1v) is 7.25. The normalized spacial score (nSPS) is 10.3. The fourth-order valence-corrected chi connectivity index (χ4v) is 1.95. The number of benzene rings is 1. The summed E-state index contributed by atoms with van der Waals surface area (Å²) in [5.41, 5.74) is 0.898. The fraction of sp³-hybridized carbons (Fsp3) is 0.267. The molecule has 2 aromatic rings. The van der Waals surface area contributed by atoms with Crippen LogP contribution in [0.1, 0.15) is 18.9 Å². The molecule has 3 nitrogen and oxygen atoms in total. The molecule has 0 bridgehead atoms. The van der Waals surface area contributed by atoms with E-state index in [1.807, 2.05) is 12.1 Å². The third kappa shape index (κ3) is 4.20. The van der Waals surface area contributed by atoms with Gasteiger partial charge in [-0.15, -0.1) is 0 Å². The molecule has 0 aliphatic rings. The van der Waals surface area contributed by atoms with E-state index in [4.69, 9.17) is 4.74 Å². The van der Waals surface area contributed by atoms with Crippen LogP contribution in [0.5, 0.6) is 5.75 Å². The van der Waals surface area contributed by atoms with Gasteiger partial charge in [0.15, 0.2) is 11.6 Å². The van der Waals surface area contributed by atoms with E-state index in [9.17, 15) is 4.39 Å². The molecule has 0 aliphatic heterocycles. The second-order valence-electron chi connectivity index (χ2n) is 4.34. The van der Waals surface area contributed by atoms with E-state index in [1.54, 1.807) is 18.3 Å². The lowest BCUT2D eigenvalue weighted by atomic mass is 10.3. The van der Waals surface area contributed by atoms with Crippen LogP contribution < -0.4 is 10.1 Å². The minimum Gasteiger partial charge on any atom is -0.486 e. The third-order valence-electron chi connectivity index (χ3n) is 2.67. The number of anilines is 1. The number of hydrogen-bond donors (Lipinski definition) is 1. The van der Waals surface area contributed by atoms with Crippen molar-refractivity contribution in [1.29, 1.82) is 0 Å². The van der Waals surface area contributed by atoms with Crippen molar-refractivity contribution in [2.75, 3.05) is 11.9 Å². The van der Waals surface area contributed by atoms with Gasteiger partial charge in [-0.2, -0.15) is 0 Å². The van der Waals surface area contributed by atoms with Crippen LogP contribution >= 0.6 is 15.9 Å². The molecular formula is C15H16BrFN2O. The summed E-state index contributed by atoms with van der Waals surface area (Å²) in [6.07, 6.45) is 2.78. The van der Waals surface area contributed by atoms with Gasteiger partial charge in [0.1, 0.15) is 12.4 Å². The number of halogens is 2. The summed E-state index contributed by atoms with van der Waals surface area (Å²) in [7, 11) is 0. The van der Waals surface area contributed by atoms with Crippen molar-refractivity contribution < 1.29 is 9.13 Å². The van der Waals surface area contributed by atoms with Gasteiger partial charge in [0.2, 0.25) is 0 Å². The van der Waals surface area contributed by atoms with Crippen LogP contribution in [0.25, 0.3) is 0 Å². The number of rotatable bonds is 6. The fourth-order valence-electron chi connectivity index (χ4n) is 1.62. The lowest BCUT2D eigenvalue weighted by Crippen LogP contribution is -2.03. The molecule has 0 fully saturated rings. The summed E-state index contributed by atoms with van der Waals surface area (Å²) in [5, 5.41) is 3.19. The summed E-state index contributed by atoms with van der Waals surface area (Å²) in [6, 6.07) is 8.54. The first-order chi connectivity index (χ1) is 9.69. The van der Waals surface area contributed by atoms with Crippen LogP contribution in [0.2, 0.25) is 0 Å². The number of nitrogens with one attached hydrogen (secondary N) is 1. The van der Waals surface area contributed by atoms with E-state index in [1.165, 1.54) is 6.07 Å². The van der Waals surface area contributed by atoms with Crippen LogP contribution in [-0.4, -0.2) is 11.5 Å². The van der Waals surface area contributed by atoms with E-state index < -0.39 is 0 Å². The highest BCUT2D eigenvalue weighted by molar-refractivity contribution is 9.10. The van der Waals surface area contributed by atoms with Crippen LogP contribution in [0, 0.1) is 5.82 Å². The highest BCUT2D eigenvalue weighted by atomic mass is 79.9. The molecule has 5 heteroatoms. The zero-order valence-electron chi connectivity index (χ0n) is 11.2. The van der Waals surface area contributed by atoms with Crippen molar-refractivity contribution in [2.24, 2.45) is 0 Å². The average molecular weight is 339 g/mol. The highest BCUT2D eigenvalue weighted by Gasteiger charge is 2.04. The molecule has 1 aromatic carbocycles. The van der Waals surface area contributed by atoms with E-state index in [2.05, 4.69) is 33.2 Å². The number of aromatic nitrogens is 1. The van der Waals surface area contributed by atoms with Crippen molar-refractivity contribution >= 4 is 21.7 Å². The van der Waals surface area contributed by atoms with E-state index in [-0.39, 0.29) is 11.6 Å². The summed E-state index contributed by atoms with van der Waals surface area (Å²) in [4.78, 5) is 4.27. The summed E-state index contributed by atoms with van der Waals surface area (Å²) in [5.74, 6) is 0.695. The van der Waals surface area contributed by atoms with Crippen molar-refractivity contribution in [3.63, 3.8) is 0 Å². The second kappa shape index (κ2) is 7.24. The van der Waals surface area contributed by atoms with Crippen molar-refractivity contribution in [2.45, 2.75) is 20.0 Å². The first-order valence-electron chi connectivity index (χ1n) is 6.45. The van der Waals surface area contributed by atoms with E-state index >= 15 is 0 Å². The lowest BCUT2D eigenvalue weighted by molar-refractivity contribution is 0.290. The molecule has 0 spiro atoms. The molecule has 0 saturated carbocycles. The number of nitrogens with zero attached hydrogens (tertiary/aromatic N) is 1. The Hall–Kier alpha value is -1.62. The number of hydrogen-bond acceptors (Lipinski definition) is 3. The minimum absolute atomic E-state index is 0.237. The molecule has 1 N–H and O–H groups in total. The third-order valence-corrected chi connectivity index (χ3v) is 3.16. The maximum atomic E-state index is 13.6. The van der Waals surface area contributed by atoms with Gasteiger partial charge < -0.3 is 10.1 Å². The molecule has 1 aromatic heterocycles. The van der Waals surface area contributed by atoms with E-state index in [0.29, 0.717) is 11.1 Å². The molecule has 1 heterocycles. The van der Waals surface area contributed by atoms with Gasteiger partial charge in [-0.3, -0.25) is 0 Å². The predicted molar refractivity (Wildman–Crippen MR) is 81.4 cm³/mol. The van der Waals surface area contributed by atoms with Gasteiger partial charge in [-0.1, -0.05) is 28.9 Å². The molecule has 106 valence electrons. The largest absolute Gasteiger partial charge is 0.486 e.